The molecule has 0 atom stereocenters. The maximum Gasteiger partial charge on any atom is 0.339 e. The molecule has 156 valence electrons. The first-order valence-electron chi connectivity index (χ1n) is 10.0. The van der Waals surface area contributed by atoms with Crippen LogP contribution in [0.15, 0.2) is 60.9 Å². The number of amides is 2. The highest BCUT2D eigenvalue weighted by Crippen LogP contribution is 2.43. The number of ether oxygens (including phenoxy) is 1. The largest absolute Gasteiger partial charge is 0.450 e. The molecule has 3 aromatic rings. The number of piperidine rings is 1. The van der Waals surface area contributed by atoms with Crippen LogP contribution in [-0.4, -0.2) is 40.0 Å². The first-order valence-corrected chi connectivity index (χ1v) is 10.0. The number of halogens is 1. The molecule has 7 nitrogen and oxygen atoms in total. The fourth-order valence-corrected chi connectivity index (χ4v) is 4.19. The first-order chi connectivity index (χ1) is 15.1. The van der Waals surface area contributed by atoms with Gasteiger partial charge in [-0.1, -0.05) is 36.4 Å². The molecule has 2 aliphatic heterocycles. The number of fused-ring (bicyclic) bond motifs is 2. The summed E-state index contributed by atoms with van der Waals surface area (Å²) in [4.78, 5) is 34.8. The average molecular weight is 418 g/mol. The molecule has 31 heavy (non-hydrogen) atoms. The average Bonchev–Trinajstić information content (AvgIpc) is 3.07. The summed E-state index contributed by atoms with van der Waals surface area (Å²) in [5.41, 5.74) is 1.75. The fraction of sp³-hybridized carbons (Fsp3) is 0.217. The molecule has 0 aliphatic carbocycles. The molecule has 1 fully saturated rings. The normalized spacial score (nSPS) is 16.7. The molecule has 2 aliphatic rings. The highest BCUT2D eigenvalue weighted by Gasteiger charge is 2.47. The van der Waals surface area contributed by atoms with Crippen molar-refractivity contribution in [3.05, 3.63) is 77.9 Å². The van der Waals surface area contributed by atoms with Crippen molar-refractivity contribution in [3.63, 3.8) is 0 Å². The monoisotopic (exact) mass is 418 g/mol. The zero-order chi connectivity index (χ0) is 21.4. The van der Waals surface area contributed by atoms with Gasteiger partial charge < -0.3 is 9.64 Å². The van der Waals surface area contributed by atoms with Gasteiger partial charge >= 0.3 is 12.0 Å². The molecule has 2 amide bonds. The van der Waals surface area contributed by atoms with Crippen molar-refractivity contribution in [3.8, 4) is 11.1 Å². The van der Waals surface area contributed by atoms with Gasteiger partial charge in [0.15, 0.2) is 0 Å². The summed E-state index contributed by atoms with van der Waals surface area (Å²) in [7, 11) is 0. The number of nitrogens with zero attached hydrogens (tertiary/aromatic N) is 3. The second kappa shape index (κ2) is 7.46. The van der Waals surface area contributed by atoms with Gasteiger partial charge in [0, 0.05) is 55.0 Å². The van der Waals surface area contributed by atoms with Gasteiger partial charge in [-0.2, -0.15) is 0 Å². The maximum atomic E-state index is 13.9. The van der Waals surface area contributed by atoms with Crippen molar-refractivity contribution in [2.24, 2.45) is 0 Å². The van der Waals surface area contributed by atoms with Crippen LogP contribution in [0.5, 0.6) is 0 Å². The molecule has 0 saturated carbocycles. The fourth-order valence-electron chi connectivity index (χ4n) is 4.19. The van der Waals surface area contributed by atoms with E-state index in [9.17, 15) is 14.0 Å². The number of carbonyl (C=O) groups is 2. The molecule has 1 aromatic heterocycles. The summed E-state index contributed by atoms with van der Waals surface area (Å²) < 4.78 is 19.6. The van der Waals surface area contributed by atoms with Crippen LogP contribution in [0, 0.1) is 5.82 Å². The van der Waals surface area contributed by atoms with Gasteiger partial charge in [-0.25, -0.2) is 23.9 Å². The van der Waals surface area contributed by atoms with Crippen LogP contribution < -0.4 is 5.32 Å². The van der Waals surface area contributed by atoms with Crippen molar-refractivity contribution >= 4 is 17.9 Å². The molecule has 2 aromatic carbocycles. The number of likely N-dealkylation sites (tertiary alicyclic amines) is 1. The number of hydrogen-bond donors (Lipinski definition) is 1. The maximum absolute atomic E-state index is 13.9. The standard InChI is InChI=1S/C23H19FN4O3/c24-19-8-4-2-5-16(19)15-13-25-21(26-14-15)27-22(30)28-11-9-23(10-12-28)18-7-3-1-6-17(18)20(29)31-23/h1-8,13-14H,9-12H2,(H,25,26,27,30). The molecular weight excluding hydrogens is 399 g/mol. The van der Waals surface area contributed by atoms with E-state index in [4.69, 9.17) is 4.74 Å². The third-order valence-electron chi connectivity index (χ3n) is 5.84. The minimum absolute atomic E-state index is 0.142. The van der Waals surface area contributed by atoms with Gasteiger partial charge in [-0.3, -0.25) is 5.32 Å². The predicted octanol–water partition coefficient (Wildman–Crippen LogP) is 3.98. The number of anilines is 1. The number of carbonyl (C=O) groups excluding carboxylic acids is 2. The molecule has 1 spiro atoms. The molecule has 0 radical (unpaired) electrons. The molecule has 1 saturated heterocycles. The van der Waals surface area contributed by atoms with Crippen LogP contribution in [0.3, 0.4) is 0 Å². The van der Waals surface area contributed by atoms with E-state index in [-0.39, 0.29) is 23.8 Å². The Labute approximate surface area is 177 Å². The van der Waals surface area contributed by atoms with E-state index in [0.717, 1.165) is 5.56 Å². The third kappa shape index (κ3) is 3.39. The van der Waals surface area contributed by atoms with Crippen molar-refractivity contribution in [2.45, 2.75) is 18.4 Å². The van der Waals surface area contributed by atoms with Gasteiger partial charge in [0.1, 0.15) is 11.4 Å². The highest BCUT2D eigenvalue weighted by molar-refractivity contribution is 5.95. The SMILES string of the molecule is O=C1OC2(CCN(C(=O)Nc3ncc(-c4ccccc4F)cn3)CC2)c2ccccc21. The Hall–Kier alpha value is -3.81. The number of urea groups is 1. The summed E-state index contributed by atoms with van der Waals surface area (Å²) >= 11 is 0. The number of esters is 1. The topological polar surface area (TPSA) is 84.4 Å². The van der Waals surface area contributed by atoms with Crippen molar-refractivity contribution < 1.29 is 18.7 Å². The second-order valence-corrected chi connectivity index (χ2v) is 7.62. The minimum Gasteiger partial charge on any atom is -0.450 e. The van der Waals surface area contributed by atoms with Crippen molar-refractivity contribution in [1.29, 1.82) is 0 Å². The van der Waals surface area contributed by atoms with Crippen LogP contribution in [0.25, 0.3) is 11.1 Å². The van der Waals surface area contributed by atoms with E-state index in [1.54, 1.807) is 29.2 Å². The first kappa shape index (κ1) is 19.2. The van der Waals surface area contributed by atoms with Gasteiger partial charge in [0.25, 0.3) is 0 Å². The molecule has 5 rings (SSSR count). The van der Waals surface area contributed by atoms with Crippen LogP contribution in [0.4, 0.5) is 15.1 Å². The number of nitrogens with one attached hydrogen (secondary N) is 1. The summed E-state index contributed by atoms with van der Waals surface area (Å²) in [6.45, 7) is 0.863. The zero-order valence-electron chi connectivity index (χ0n) is 16.5. The van der Waals surface area contributed by atoms with Crippen molar-refractivity contribution in [2.75, 3.05) is 18.4 Å². The highest BCUT2D eigenvalue weighted by atomic mass is 19.1. The number of aromatic nitrogens is 2. The lowest BCUT2D eigenvalue weighted by molar-refractivity contribution is -0.0363. The van der Waals surface area contributed by atoms with Gasteiger partial charge in [0.05, 0.1) is 5.56 Å². The molecule has 1 N–H and O–H groups in total. The molecule has 0 bridgehead atoms. The van der Waals surface area contributed by atoms with Gasteiger partial charge in [0.2, 0.25) is 5.95 Å². The van der Waals surface area contributed by atoms with Gasteiger partial charge in [-0.15, -0.1) is 0 Å². The Morgan fingerprint density at radius 1 is 1.00 bits per heavy atom. The van der Waals surface area contributed by atoms with E-state index in [1.807, 2.05) is 18.2 Å². The Kier molecular flexibility index (Phi) is 4.62. The lowest BCUT2D eigenvalue weighted by Crippen LogP contribution is -2.47. The van der Waals surface area contributed by atoms with E-state index in [0.29, 0.717) is 42.6 Å². The van der Waals surface area contributed by atoms with Crippen molar-refractivity contribution in [1.82, 2.24) is 14.9 Å². The lowest BCUT2D eigenvalue weighted by atomic mass is 9.84. The summed E-state index contributed by atoms with van der Waals surface area (Å²) in [6, 6.07) is 13.4. The molecule has 3 heterocycles. The minimum atomic E-state index is -0.664. The Morgan fingerprint density at radius 3 is 2.35 bits per heavy atom. The van der Waals surface area contributed by atoms with E-state index < -0.39 is 5.60 Å². The molecule has 8 heteroatoms. The van der Waals surface area contributed by atoms with E-state index >= 15 is 0 Å². The van der Waals surface area contributed by atoms with Crippen LogP contribution in [-0.2, 0) is 10.3 Å². The summed E-state index contributed by atoms with van der Waals surface area (Å²) in [5, 5.41) is 2.68. The summed E-state index contributed by atoms with van der Waals surface area (Å²) in [6.07, 6.45) is 3.99. The van der Waals surface area contributed by atoms with E-state index in [2.05, 4.69) is 15.3 Å². The number of hydrogen-bond acceptors (Lipinski definition) is 5. The lowest BCUT2D eigenvalue weighted by Gasteiger charge is -2.38. The van der Waals surface area contributed by atoms with Crippen LogP contribution in [0.1, 0.15) is 28.8 Å². The quantitative estimate of drug-likeness (QED) is 0.637. The van der Waals surface area contributed by atoms with E-state index in [1.165, 1.54) is 18.5 Å². The third-order valence-corrected chi connectivity index (χ3v) is 5.84. The van der Waals surface area contributed by atoms with Gasteiger partial charge in [-0.05, 0) is 12.1 Å². The number of benzene rings is 2. The zero-order valence-corrected chi connectivity index (χ0v) is 16.5. The Morgan fingerprint density at radius 2 is 1.65 bits per heavy atom. The Balaban J connectivity index is 1.24. The second-order valence-electron chi connectivity index (χ2n) is 7.62. The smallest absolute Gasteiger partial charge is 0.339 e. The molecule has 0 unspecified atom stereocenters. The molecular formula is C23H19FN4O3. The van der Waals surface area contributed by atoms with Crippen LogP contribution >= 0.6 is 0 Å². The predicted molar refractivity (Wildman–Crippen MR) is 111 cm³/mol. The Bertz CT molecular complexity index is 1160. The summed E-state index contributed by atoms with van der Waals surface area (Å²) in [5.74, 6) is -0.529. The number of rotatable bonds is 2. The van der Waals surface area contributed by atoms with Crippen LogP contribution in [0.2, 0.25) is 0 Å².